The number of aromatic carboxylic acids is 1. The molecule has 1 aliphatic rings. The monoisotopic (exact) mass is 402 g/mol. The number of carboxylic acid groups (broad SMARTS) is 1. The van der Waals surface area contributed by atoms with Crippen molar-refractivity contribution in [1.29, 1.82) is 0 Å². The van der Waals surface area contributed by atoms with Crippen molar-refractivity contribution in [3.8, 4) is 0 Å². The molecule has 0 atom stereocenters. The molecule has 0 radical (unpaired) electrons. The number of aromatic nitrogens is 5. The molecule has 1 aliphatic carbocycles. The summed E-state index contributed by atoms with van der Waals surface area (Å²) in [7, 11) is 0. The molecule has 3 aromatic heterocycles. The molecule has 0 aromatic carbocycles. The van der Waals surface area contributed by atoms with Crippen molar-refractivity contribution >= 4 is 40.2 Å². The van der Waals surface area contributed by atoms with Crippen LogP contribution in [0.15, 0.2) is 18.3 Å². The van der Waals surface area contributed by atoms with E-state index in [4.69, 9.17) is 16.3 Å². The van der Waals surface area contributed by atoms with E-state index in [0.29, 0.717) is 30.3 Å². The van der Waals surface area contributed by atoms with E-state index in [2.05, 4.69) is 25.4 Å². The Labute approximate surface area is 165 Å². The number of hydrogen-bond donors (Lipinski definition) is 2. The largest absolute Gasteiger partial charge is 0.476 e. The Morgan fingerprint density at radius 3 is 2.93 bits per heavy atom. The summed E-state index contributed by atoms with van der Waals surface area (Å²) in [5.41, 5.74) is 1.46. The van der Waals surface area contributed by atoms with Crippen molar-refractivity contribution in [2.24, 2.45) is 0 Å². The summed E-state index contributed by atoms with van der Waals surface area (Å²) >= 11 is 6.04. The molecule has 2 N–H and O–H groups in total. The summed E-state index contributed by atoms with van der Waals surface area (Å²) in [6.45, 7) is 2.74. The van der Waals surface area contributed by atoms with Crippen molar-refractivity contribution in [3.63, 3.8) is 0 Å². The van der Waals surface area contributed by atoms with Crippen LogP contribution in [0.3, 0.4) is 0 Å². The van der Waals surface area contributed by atoms with Gasteiger partial charge >= 0.3 is 5.97 Å². The first-order valence-corrected chi connectivity index (χ1v) is 9.37. The lowest BCUT2D eigenvalue weighted by atomic mass is 9.96. The van der Waals surface area contributed by atoms with Crippen LogP contribution in [0.2, 0.25) is 5.28 Å². The minimum absolute atomic E-state index is 0.0737. The van der Waals surface area contributed by atoms with Crippen molar-refractivity contribution in [1.82, 2.24) is 24.7 Å². The third kappa shape index (κ3) is 3.76. The standard InChI is InChI=1S/C18H19ClN6O3/c1-10-5-6-20-12(9-10)21-16-15-13(22-18(19)23-16)14(17(26)27)24-25(15)7-8-28-11-3-2-4-11/h5-6,9,11H,2-4,7-8H2,1H3,(H,26,27)(H,20,21,22,23). The second kappa shape index (κ2) is 7.69. The van der Waals surface area contributed by atoms with Gasteiger partial charge in [0, 0.05) is 6.20 Å². The zero-order valence-corrected chi connectivity index (χ0v) is 16.0. The number of nitrogens with zero attached hydrogens (tertiary/aromatic N) is 5. The number of nitrogens with one attached hydrogen (secondary N) is 1. The minimum Gasteiger partial charge on any atom is -0.476 e. The number of carbonyl (C=O) groups is 1. The lowest BCUT2D eigenvalue weighted by molar-refractivity contribution is -0.00202. The van der Waals surface area contributed by atoms with Crippen molar-refractivity contribution in [3.05, 3.63) is 34.9 Å². The lowest BCUT2D eigenvalue weighted by Gasteiger charge is -2.25. The third-order valence-electron chi connectivity index (χ3n) is 4.63. The van der Waals surface area contributed by atoms with Gasteiger partial charge in [-0.2, -0.15) is 10.1 Å². The molecule has 3 aromatic rings. The Hall–Kier alpha value is -2.78. The smallest absolute Gasteiger partial charge is 0.358 e. The number of pyridine rings is 1. The maximum absolute atomic E-state index is 11.6. The second-order valence-corrected chi connectivity index (χ2v) is 7.02. The van der Waals surface area contributed by atoms with Gasteiger partial charge in [-0.1, -0.05) is 0 Å². The lowest BCUT2D eigenvalue weighted by Crippen LogP contribution is -2.23. The van der Waals surface area contributed by atoms with Crippen LogP contribution < -0.4 is 5.32 Å². The molecule has 3 heterocycles. The van der Waals surface area contributed by atoms with Crippen LogP contribution in [0.25, 0.3) is 11.0 Å². The molecule has 146 valence electrons. The molecular formula is C18H19ClN6O3. The number of ether oxygens (including phenoxy) is 1. The summed E-state index contributed by atoms with van der Waals surface area (Å²) in [5, 5.41) is 16.8. The molecule has 0 spiro atoms. The van der Waals surface area contributed by atoms with Crippen LogP contribution in [0.5, 0.6) is 0 Å². The first-order valence-electron chi connectivity index (χ1n) is 9.00. The van der Waals surface area contributed by atoms with Crippen LogP contribution in [-0.2, 0) is 11.3 Å². The van der Waals surface area contributed by atoms with Gasteiger partial charge in [0.05, 0.1) is 19.3 Å². The highest BCUT2D eigenvalue weighted by atomic mass is 35.5. The van der Waals surface area contributed by atoms with E-state index >= 15 is 0 Å². The van der Waals surface area contributed by atoms with Gasteiger partial charge in [0.15, 0.2) is 11.5 Å². The highest BCUT2D eigenvalue weighted by Crippen LogP contribution is 2.28. The zero-order valence-electron chi connectivity index (χ0n) is 15.2. The Morgan fingerprint density at radius 2 is 2.25 bits per heavy atom. The van der Waals surface area contributed by atoms with Crippen molar-refractivity contribution < 1.29 is 14.6 Å². The van der Waals surface area contributed by atoms with Crippen molar-refractivity contribution in [2.45, 2.75) is 38.8 Å². The van der Waals surface area contributed by atoms with E-state index in [1.54, 1.807) is 10.9 Å². The molecular weight excluding hydrogens is 384 g/mol. The number of carboxylic acids is 1. The minimum atomic E-state index is -1.18. The third-order valence-corrected chi connectivity index (χ3v) is 4.80. The van der Waals surface area contributed by atoms with Gasteiger partial charge in [-0.3, -0.25) is 4.68 Å². The van der Waals surface area contributed by atoms with E-state index < -0.39 is 5.97 Å². The van der Waals surface area contributed by atoms with Gasteiger partial charge < -0.3 is 15.2 Å². The van der Waals surface area contributed by atoms with Crippen LogP contribution in [0.1, 0.15) is 35.3 Å². The first-order chi connectivity index (χ1) is 13.5. The van der Waals surface area contributed by atoms with Gasteiger partial charge in [0.25, 0.3) is 0 Å². The van der Waals surface area contributed by atoms with Gasteiger partial charge in [-0.05, 0) is 55.5 Å². The van der Waals surface area contributed by atoms with Crippen LogP contribution in [0.4, 0.5) is 11.6 Å². The summed E-state index contributed by atoms with van der Waals surface area (Å²) in [6, 6.07) is 3.72. The van der Waals surface area contributed by atoms with Gasteiger partial charge in [-0.15, -0.1) is 0 Å². The average molecular weight is 403 g/mol. The number of rotatable bonds is 7. The summed E-state index contributed by atoms with van der Waals surface area (Å²) in [4.78, 5) is 24.2. The Morgan fingerprint density at radius 1 is 1.43 bits per heavy atom. The van der Waals surface area contributed by atoms with E-state index in [1.165, 1.54) is 6.42 Å². The summed E-state index contributed by atoms with van der Waals surface area (Å²) in [5.74, 6) is -0.277. The number of fused-ring (bicyclic) bond motifs is 1. The highest BCUT2D eigenvalue weighted by Gasteiger charge is 2.23. The molecule has 1 fully saturated rings. The molecule has 1 saturated carbocycles. The molecule has 10 heteroatoms. The summed E-state index contributed by atoms with van der Waals surface area (Å²) in [6.07, 6.45) is 5.25. The Balaban J connectivity index is 1.73. The molecule has 0 aliphatic heterocycles. The van der Waals surface area contributed by atoms with E-state index in [0.717, 1.165) is 18.4 Å². The normalized spacial score (nSPS) is 14.2. The highest BCUT2D eigenvalue weighted by molar-refractivity contribution is 6.29. The molecule has 0 unspecified atom stereocenters. The maximum Gasteiger partial charge on any atom is 0.358 e. The fraction of sp³-hybridized carbons (Fsp3) is 0.389. The average Bonchev–Trinajstić information content (AvgIpc) is 2.96. The van der Waals surface area contributed by atoms with Crippen LogP contribution in [0, 0.1) is 6.92 Å². The molecule has 0 saturated heterocycles. The maximum atomic E-state index is 11.6. The number of aryl methyl sites for hydroxylation is 1. The number of halogens is 1. The van der Waals surface area contributed by atoms with Crippen molar-refractivity contribution in [2.75, 3.05) is 11.9 Å². The fourth-order valence-electron chi connectivity index (χ4n) is 3.02. The SMILES string of the molecule is Cc1ccnc(Nc2nc(Cl)nc3c(C(=O)O)nn(CCOC4CCC4)c23)c1. The molecule has 9 nitrogen and oxygen atoms in total. The molecule has 0 amide bonds. The van der Waals surface area contributed by atoms with E-state index in [-0.39, 0.29) is 22.6 Å². The van der Waals surface area contributed by atoms with E-state index in [9.17, 15) is 9.90 Å². The Bertz CT molecular complexity index is 1030. The predicted octanol–water partition coefficient (Wildman–Crippen LogP) is 3.19. The second-order valence-electron chi connectivity index (χ2n) is 6.68. The number of hydrogen-bond acceptors (Lipinski definition) is 7. The quantitative estimate of drug-likeness (QED) is 0.579. The summed E-state index contributed by atoms with van der Waals surface area (Å²) < 4.78 is 7.34. The van der Waals surface area contributed by atoms with Gasteiger partial charge in [0.1, 0.15) is 16.9 Å². The van der Waals surface area contributed by atoms with Gasteiger partial charge in [-0.25, -0.2) is 14.8 Å². The van der Waals surface area contributed by atoms with Gasteiger partial charge in [0.2, 0.25) is 5.28 Å². The first kappa shape index (κ1) is 18.6. The molecule has 0 bridgehead atoms. The molecule has 28 heavy (non-hydrogen) atoms. The Kier molecular flexibility index (Phi) is 5.10. The molecule has 4 rings (SSSR count). The van der Waals surface area contributed by atoms with Crippen LogP contribution >= 0.6 is 11.6 Å². The zero-order chi connectivity index (χ0) is 19.7. The topological polar surface area (TPSA) is 115 Å². The predicted molar refractivity (Wildman–Crippen MR) is 103 cm³/mol. The van der Waals surface area contributed by atoms with E-state index in [1.807, 2.05) is 19.1 Å². The fourth-order valence-corrected chi connectivity index (χ4v) is 3.19. The van der Waals surface area contributed by atoms with Crippen LogP contribution in [-0.4, -0.2) is 48.5 Å². The number of anilines is 2.